The molecule has 1 aliphatic rings. The molecule has 0 radical (unpaired) electrons. The molecule has 0 fully saturated rings. The Bertz CT molecular complexity index is 1110. The standard InChI is InChI=1S/C17H13ClF2N6O3S/c1-21-12-5-9(25-16(18)26-12)6-22-14-13(30-7-23-14)15(27)24-8-2-3-10-11(4-8)29-17(19,20)28-10/h2-5,7,22H,6H2,1H3,(H,24,27)(H,21,25,26). The molecule has 156 valence electrons. The van der Waals surface area contributed by atoms with E-state index in [0.717, 1.165) is 11.3 Å². The van der Waals surface area contributed by atoms with Crippen molar-refractivity contribution in [3.05, 3.63) is 45.6 Å². The lowest BCUT2D eigenvalue weighted by molar-refractivity contribution is -0.286. The van der Waals surface area contributed by atoms with E-state index in [2.05, 4.69) is 40.4 Å². The zero-order valence-electron chi connectivity index (χ0n) is 15.2. The van der Waals surface area contributed by atoms with E-state index in [1.54, 1.807) is 13.1 Å². The summed E-state index contributed by atoms with van der Waals surface area (Å²) in [5.74, 6) is 0.147. The van der Waals surface area contributed by atoms with Crippen LogP contribution in [-0.4, -0.2) is 34.2 Å². The minimum absolute atomic E-state index is 0.0864. The number of hydrogen-bond acceptors (Lipinski definition) is 9. The highest BCUT2D eigenvalue weighted by Gasteiger charge is 2.43. The number of carbonyl (C=O) groups excluding carboxylic acids is 1. The molecule has 1 aromatic carbocycles. The van der Waals surface area contributed by atoms with E-state index in [0.29, 0.717) is 22.2 Å². The highest BCUT2D eigenvalue weighted by atomic mass is 35.5. The van der Waals surface area contributed by atoms with Crippen LogP contribution in [0.2, 0.25) is 5.28 Å². The lowest BCUT2D eigenvalue weighted by Gasteiger charge is -2.08. The predicted octanol–water partition coefficient (Wildman–Crippen LogP) is 3.81. The lowest BCUT2D eigenvalue weighted by atomic mass is 10.2. The van der Waals surface area contributed by atoms with E-state index in [9.17, 15) is 13.6 Å². The predicted molar refractivity (Wildman–Crippen MR) is 107 cm³/mol. The van der Waals surface area contributed by atoms with Crippen LogP contribution in [0.1, 0.15) is 15.4 Å². The Morgan fingerprint density at radius 1 is 1.23 bits per heavy atom. The molecule has 0 atom stereocenters. The maximum Gasteiger partial charge on any atom is 0.586 e. The summed E-state index contributed by atoms with van der Waals surface area (Å²) >= 11 is 7.00. The monoisotopic (exact) mass is 454 g/mol. The van der Waals surface area contributed by atoms with Crippen molar-refractivity contribution in [3.63, 3.8) is 0 Å². The van der Waals surface area contributed by atoms with Gasteiger partial charge in [-0.25, -0.2) is 15.0 Å². The fraction of sp³-hybridized carbons (Fsp3) is 0.176. The lowest BCUT2D eigenvalue weighted by Crippen LogP contribution is -2.25. The molecule has 9 nitrogen and oxygen atoms in total. The van der Waals surface area contributed by atoms with Gasteiger partial charge in [-0.15, -0.1) is 20.1 Å². The number of anilines is 3. The molecule has 0 saturated carbocycles. The van der Waals surface area contributed by atoms with Crippen molar-refractivity contribution in [2.24, 2.45) is 0 Å². The maximum atomic E-state index is 13.1. The van der Waals surface area contributed by atoms with Gasteiger partial charge < -0.3 is 25.4 Å². The first-order valence-corrected chi connectivity index (χ1v) is 9.68. The van der Waals surface area contributed by atoms with Crippen LogP contribution in [0.15, 0.2) is 29.8 Å². The Morgan fingerprint density at radius 3 is 2.83 bits per heavy atom. The molecule has 0 unspecified atom stereocenters. The van der Waals surface area contributed by atoms with Crippen LogP contribution >= 0.6 is 22.9 Å². The van der Waals surface area contributed by atoms with Crippen LogP contribution in [-0.2, 0) is 6.54 Å². The molecular weight excluding hydrogens is 442 g/mol. The van der Waals surface area contributed by atoms with Crippen molar-refractivity contribution in [2.45, 2.75) is 12.8 Å². The van der Waals surface area contributed by atoms with Crippen molar-refractivity contribution in [1.82, 2.24) is 15.0 Å². The van der Waals surface area contributed by atoms with Crippen LogP contribution in [0.3, 0.4) is 0 Å². The number of nitrogens with zero attached hydrogens (tertiary/aromatic N) is 3. The molecule has 13 heteroatoms. The first-order valence-electron chi connectivity index (χ1n) is 8.43. The summed E-state index contributed by atoms with van der Waals surface area (Å²) in [5.41, 5.74) is 2.36. The summed E-state index contributed by atoms with van der Waals surface area (Å²) in [6.07, 6.45) is -3.73. The number of rotatable bonds is 6. The second-order valence-electron chi connectivity index (χ2n) is 5.93. The largest absolute Gasteiger partial charge is 0.586 e. The molecule has 1 aliphatic heterocycles. The molecule has 3 aromatic rings. The number of halogens is 3. The number of alkyl halides is 2. The number of thiazole rings is 1. The second kappa shape index (κ2) is 7.88. The Hall–Kier alpha value is -3.25. The molecule has 3 N–H and O–H groups in total. The van der Waals surface area contributed by atoms with Gasteiger partial charge in [0.25, 0.3) is 5.91 Å². The van der Waals surface area contributed by atoms with E-state index in [1.165, 1.54) is 23.7 Å². The Balaban J connectivity index is 1.44. The van der Waals surface area contributed by atoms with Gasteiger partial charge in [-0.3, -0.25) is 4.79 Å². The van der Waals surface area contributed by atoms with E-state index >= 15 is 0 Å². The number of aromatic nitrogens is 3. The van der Waals surface area contributed by atoms with Gasteiger partial charge in [0.2, 0.25) is 5.28 Å². The van der Waals surface area contributed by atoms with Gasteiger partial charge in [-0.05, 0) is 23.7 Å². The minimum atomic E-state index is -3.73. The quantitative estimate of drug-likeness (QED) is 0.482. The second-order valence-corrected chi connectivity index (χ2v) is 7.12. The summed E-state index contributed by atoms with van der Waals surface area (Å²) in [5, 5.41) is 8.61. The van der Waals surface area contributed by atoms with E-state index < -0.39 is 12.2 Å². The number of benzene rings is 1. The number of ether oxygens (including phenoxy) is 2. The fourth-order valence-electron chi connectivity index (χ4n) is 2.61. The third-order valence-corrected chi connectivity index (χ3v) is 4.87. The molecule has 0 aliphatic carbocycles. The molecule has 30 heavy (non-hydrogen) atoms. The van der Waals surface area contributed by atoms with Gasteiger partial charge in [-0.2, -0.15) is 0 Å². The summed E-state index contributed by atoms with van der Waals surface area (Å²) in [6, 6.07) is 5.67. The van der Waals surface area contributed by atoms with Crippen LogP contribution in [0, 0.1) is 0 Å². The average molecular weight is 455 g/mol. The minimum Gasteiger partial charge on any atom is -0.395 e. The SMILES string of the molecule is CNc1cc(CNc2ncsc2C(=O)Nc2ccc3c(c2)OC(F)(F)O3)nc(Cl)n1. The van der Waals surface area contributed by atoms with Crippen molar-refractivity contribution >= 4 is 46.2 Å². The third kappa shape index (κ3) is 4.33. The Labute approximate surface area is 177 Å². The van der Waals surface area contributed by atoms with Crippen LogP contribution < -0.4 is 25.4 Å². The highest BCUT2D eigenvalue weighted by molar-refractivity contribution is 7.12. The smallest absolute Gasteiger partial charge is 0.395 e. The van der Waals surface area contributed by atoms with E-state index in [1.807, 2.05) is 0 Å². The van der Waals surface area contributed by atoms with Crippen molar-refractivity contribution in [1.29, 1.82) is 0 Å². The third-order valence-electron chi connectivity index (χ3n) is 3.88. The van der Waals surface area contributed by atoms with Gasteiger partial charge in [0.05, 0.1) is 17.7 Å². The normalized spacial score (nSPS) is 13.7. The molecular formula is C17H13ClF2N6O3S. The van der Waals surface area contributed by atoms with Gasteiger partial charge in [0.1, 0.15) is 16.5 Å². The number of hydrogen-bond donors (Lipinski definition) is 3. The summed E-state index contributed by atoms with van der Waals surface area (Å²) in [7, 11) is 1.70. The molecule has 3 heterocycles. The van der Waals surface area contributed by atoms with Gasteiger partial charge in [0.15, 0.2) is 11.5 Å². The van der Waals surface area contributed by atoms with Crippen LogP contribution in [0.5, 0.6) is 11.5 Å². The molecule has 0 saturated heterocycles. The van der Waals surface area contributed by atoms with Gasteiger partial charge in [0, 0.05) is 24.9 Å². The summed E-state index contributed by atoms with van der Waals surface area (Å²) in [6.45, 7) is 0.250. The number of amides is 1. The fourth-order valence-corrected chi connectivity index (χ4v) is 3.46. The molecule has 0 bridgehead atoms. The van der Waals surface area contributed by atoms with E-state index in [4.69, 9.17) is 11.6 Å². The Morgan fingerprint density at radius 2 is 2.03 bits per heavy atom. The summed E-state index contributed by atoms with van der Waals surface area (Å²) in [4.78, 5) is 25.2. The van der Waals surface area contributed by atoms with Crippen molar-refractivity contribution in [3.8, 4) is 11.5 Å². The molecule has 4 rings (SSSR count). The highest BCUT2D eigenvalue weighted by Crippen LogP contribution is 2.42. The van der Waals surface area contributed by atoms with Gasteiger partial charge in [-0.1, -0.05) is 0 Å². The molecule has 1 amide bonds. The van der Waals surface area contributed by atoms with E-state index in [-0.39, 0.29) is 29.0 Å². The van der Waals surface area contributed by atoms with Crippen LogP contribution in [0.4, 0.5) is 26.1 Å². The zero-order valence-corrected chi connectivity index (χ0v) is 16.8. The maximum absolute atomic E-state index is 13.1. The average Bonchev–Trinajstić information content (AvgIpc) is 3.28. The first kappa shape index (κ1) is 20.0. The topological polar surface area (TPSA) is 110 Å². The molecule has 0 spiro atoms. The van der Waals surface area contributed by atoms with Crippen LogP contribution in [0.25, 0.3) is 0 Å². The molecule has 2 aromatic heterocycles. The summed E-state index contributed by atoms with van der Waals surface area (Å²) < 4.78 is 35.0. The first-order chi connectivity index (χ1) is 14.3. The van der Waals surface area contributed by atoms with Gasteiger partial charge >= 0.3 is 6.29 Å². The Kier molecular flexibility index (Phi) is 5.26. The number of fused-ring (bicyclic) bond motifs is 1. The van der Waals surface area contributed by atoms with Crippen molar-refractivity contribution in [2.75, 3.05) is 23.0 Å². The number of carbonyl (C=O) groups is 1. The zero-order chi connectivity index (χ0) is 21.3. The number of nitrogens with one attached hydrogen (secondary N) is 3. The van der Waals surface area contributed by atoms with Crippen molar-refractivity contribution < 1.29 is 23.0 Å².